The lowest BCUT2D eigenvalue weighted by Crippen LogP contribution is -3.11. The molecule has 0 saturated heterocycles. The van der Waals surface area contributed by atoms with Crippen molar-refractivity contribution in [2.24, 2.45) is 7.05 Å². The summed E-state index contributed by atoms with van der Waals surface area (Å²) in [7, 11) is 1.55. The summed E-state index contributed by atoms with van der Waals surface area (Å²) in [6.45, 7) is 10.5. The van der Waals surface area contributed by atoms with Crippen molar-refractivity contribution >= 4 is 47.0 Å². The quantitative estimate of drug-likeness (QED) is 0.326. The number of carbonyl (C=O) groups is 1. The van der Waals surface area contributed by atoms with Gasteiger partial charge >= 0.3 is 0 Å². The Balaban J connectivity index is 0.000000480. The number of nitrogens with one attached hydrogen (secondary N) is 1. The van der Waals surface area contributed by atoms with Gasteiger partial charge in [0.15, 0.2) is 3.95 Å². The minimum absolute atomic E-state index is 0.119. The van der Waals surface area contributed by atoms with E-state index in [1.807, 2.05) is 6.07 Å². The summed E-state index contributed by atoms with van der Waals surface area (Å²) in [6.07, 6.45) is 1.28. The van der Waals surface area contributed by atoms with Crippen LogP contribution in [-0.4, -0.2) is 30.0 Å². The number of benzene rings is 1. The van der Waals surface area contributed by atoms with E-state index in [0.717, 1.165) is 11.3 Å². The Kier molecular flexibility index (Phi) is 10.1. The van der Waals surface area contributed by atoms with Gasteiger partial charge in [-0.3, -0.25) is 4.79 Å². The number of thiazole rings is 1. The number of hydrogen-bond acceptors (Lipinski definition) is 5. The lowest BCUT2D eigenvalue weighted by molar-refractivity contribution is -0.894. The number of rotatable bonds is 6. The molecule has 0 aliphatic carbocycles. The number of nitriles is 1. The first kappa shape index (κ1) is 24.1. The number of nitrogens with zero attached hydrogens (tertiary/aromatic N) is 2. The molecule has 0 saturated carbocycles. The monoisotopic (exact) mass is 437 g/mol. The molecule has 1 aromatic heterocycles. The molecule has 150 valence electrons. The standard InChI is InChI=1S/C14H9ClN2O2S2.C6H15N/c1-17-13(19)11(21-14(17)20)6-9(7-16)12(18)8-2-4-10(15)5-3-8;1-4-7(5-2)6-3/h2-6,19H,1H3;4-6H2,1-3H3/b9-6+;. The van der Waals surface area contributed by atoms with Crippen LogP contribution in [-0.2, 0) is 7.05 Å². The second-order valence-electron chi connectivity index (χ2n) is 5.91. The Morgan fingerprint density at radius 1 is 1.29 bits per heavy atom. The van der Waals surface area contributed by atoms with Crippen LogP contribution >= 0.6 is 35.2 Å². The van der Waals surface area contributed by atoms with Gasteiger partial charge in [-0.05, 0) is 69.2 Å². The average Bonchev–Trinajstić information content (AvgIpc) is 2.94. The van der Waals surface area contributed by atoms with Gasteiger partial charge in [0, 0.05) is 22.5 Å². The highest BCUT2D eigenvalue weighted by Crippen LogP contribution is 2.25. The fourth-order valence-corrected chi connectivity index (χ4v) is 3.62. The van der Waals surface area contributed by atoms with Crippen LogP contribution in [0.5, 0.6) is 5.88 Å². The molecule has 1 N–H and O–H groups in total. The summed E-state index contributed by atoms with van der Waals surface area (Å²) in [4.78, 5) is 14.2. The van der Waals surface area contributed by atoms with Crippen molar-refractivity contribution in [2.75, 3.05) is 19.6 Å². The second kappa shape index (κ2) is 11.8. The van der Waals surface area contributed by atoms with Crippen molar-refractivity contribution in [1.82, 2.24) is 4.57 Å². The number of allylic oxidation sites excluding steroid dienone is 1. The van der Waals surface area contributed by atoms with Gasteiger partial charge in [0.25, 0.3) is 0 Å². The van der Waals surface area contributed by atoms with E-state index < -0.39 is 5.78 Å². The van der Waals surface area contributed by atoms with Crippen LogP contribution in [0.4, 0.5) is 0 Å². The molecular weight excluding hydrogens is 414 g/mol. The van der Waals surface area contributed by atoms with E-state index in [9.17, 15) is 9.90 Å². The Morgan fingerprint density at radius 3 is 2.18 bits per heavy atom. The van der Waals surface area contributed by atoms with E-state index in [1.54, 1.807) is 24.1 Å². The molecule has 0 radical (unpaired) electrons. The summed E-state index contributed by atoms with van der Waals surface area (Å²) in [5.74, 6) is -0.780. The molecule has 0 aliphatic rings. The van der Waals surface area contributed by atoms with Crippen molar-refractivity contribution in [1.29, 1.82) is 5.26 Å². The summed E-state index contributed by atoms with van der Waals surface area (Å²) in [5.41, 5.74) is 0.213. The van der Waals surface area contributed by atoms with Gasteiger partial charge in [0.2, 0.25) is 5.78 Å². The van der Waals surface area contributed by atoms with Gasteiger partial charge in [0.05, 0.1) is 19.6 Å². The predicted molar refractivity (Wildman–Crippen MR) is 116 cm³/mol. The molecule has 5 nitrogen and oxygen atoms in total. The fraction of sp³-hybridized carbons (Fsp3) is 0.350. The molecule has 0 bridgehead atoms. The molecule has 1 heterocycles. The summed E-state index contributed by atoms with van der Waals surface area (Å²) >= 11 is 11.8. The lowest BCUT2D eigenvalue weighted by Gasteiger charge is -2.10. The number of hydrogen-bond donors (Lipinski definition) is 1. The van der Waals surface area contributed by atoms with Gasteiger partial charge < -0.3 is 14.6 Å². The first-order valence-electron chi connectivity index (χ1n) is 8.91. The van der Waals surface area contributed by atoms with Crippen molar-refractivity contribution in [2.45, 2.75) is 20.8 Å². The molecular formula is C20H24ClN3O2S2. The third-order valence-electron chi connectivity index (χ3n) is 4.23. The van der Waals surface area contributed by atoms with E-state index in [-0.39, 0.29) is 16.3 Å². The Hall–Kier alpha value is -1.98. The first-order valence-corrected chi connectivity index (χ1v) is 10.5. The van der Waals surface area contributed by atoms with Crippen LogP contribution < -0.4 is 10.0 Å². The van der Waals surface area contributed by atoms with E-state index >= 15 is 0 Å². The zero-order valence-corrected chi connectivity index (χ0v) is 18.8. The molecule has 2 rings (SSSR count). The van der Waals surface area contributed by atoms with Gasteiger partial charge in [-0.25, -0.2) is 0 Å². The van der Waals surface area contributed by atoms with Gasteiger partial charge in [-0.15, -0.1) is 11.3 Å². The normalized spacial score (nSPS) is 11.0. The number of ketones is 1. The molecule has 0 amide bonds. The minimum Gasteiger partial charge on any atom is -0.859 e. The van der Waals surface area contributed by atoms with Crippen molar-refractivity contribution in [3.63, 3.8) is 0 Å². The summed E-state index contributed by atoms with van der Waals surface area (Å²) in [5, 5.41) is 21.5. The van der Waals surface area contributed by atoms with Crippen molar-refractivity contribution in [3.05, 3.63) is 49.3 Å². The average molecular weight is 438 g/mol. The van der Waals surface area contributed by atoms with Crippen LogP contribution in [0.15, 0.2) is 29.8 Å². The largest absolute Gasteiger partial charge is 0.859 e. The Bertz CT molecular complexity index is 915. The maximum atomic E-state index is 12.2. The van der Waals surface area contributed by atoms with Crippen molar-refractivity contribution in [3.8, 4) is 11.9 Å². The molecule has 0 aliphatic heterocycles. The molecule has 0 atom stereocenters. The van der Waals surface area contributed by atoms with Crippen molar-refractivity contribution < 1.29 is 14.8 Å². The number of Topliss-reactive ketones (excluding diaryl/α,β-unsaturated/α-hetero) is 1. The molecule has 0 fully saturated rings. The van der Waals surface area contributed by atoms with Gasteiger partial charge in [-0.1, -0.05) is 11.6 Å². The molecule has 8 heteroatoms. The Morgan fingerprint density at radius 2 is 1.82 bits per heavy atom. The molecule has 0 unspecified atom stereocenters. The molecule has 2 aromatic rings. The zero-order valence-electron chi connectivity index (χ0n) is 16.4. The highest BCUT2D eigenvalue weighted by atomic mass is 35.5. The summed E-state index contributed by atoms with van der Waals surface area (Å²) in [6, 6.07) is 8.01. The lowest BCUT2D eigenvalue weighted by atomic mass is 10.0. The summed E-state index contributed by atoms with van der Waals surface area (Å²) < 4.78 is 1.69. The van der Waals surface area contributed by atoms with E-state index in [2.05, 4.69) is 20.8 Å². The third kappa shape index (κ3) is 6.57. The molecule has 28 heavy (non-hydrogen) atoms. The minimum atomic E-state index is -0.462. The topological polar surface area (TPSA) is 73.3 Å². The fourth-order valence-electron chi connectivity index (χ4n) is 2.33. The smallest absolute Gasteiger partial charge is 0.203 e. The maximum absolute atomic E-state index is 12.2. The first-order chi connectivity index (χ1) is 13.3. The predicted octanol–water partition coefficient (Wildman–Crippen LogP) is 3.26. The van der Waals surface area contributed by atoms with Crippen LogP contribution in [0.2, 0.25) is 5.02 Å². The third-order valence-corrected chi connectivity index (χ3v) is 5.97. The van der Waals surface area contributed by atoms with Crippen LogP contribution in [0.3, 0.4) is 0 Å². The zero-order chi connectivity index (χ0) is 21.3. The SMILES string of the molecule is CC[NH+](CC)CC.Cn1c([O-])c(/C=C(\C#N)C(=O)c2ccc(Cl)cc2)sc1=S. The number of aromatic nitrogens is 1. The van der Waals surface area contributed by atoms with Gasteiger partial charge in [0.1, 0.15) is 11.6 Å². The molecule has 1 aromatic carbocycles. The van der Waals surface area contributed by atoms with E-state index in [4.69, 9.17) is 29.1 Å². The highest BCUT2D eigenvalue weighted by molar-refractivity contribution is 7.73. The second-order valence-corrected chi connectivity index (χ2v) is 8.03. The van der Waals surface area contributed by atoms with Gasteiger partial charge in [-0.2, -0.15) is 5.26 Å². The Labute approximate surface area is 180 Å². The highest BCUT2D eigenvalue weighted by Gasteiger charge is 2.13. The van der Waals surface area contributed by atoms with Crippen LogP contribution in [0, 0.1) is 15.3 Å². The number of carbonyl (C=O) groups excluding carboxylic acids is 1. The maximum Gasteiger partial charge on any atom is 0.203 e. The number of halogens is 1. The van der Waals surface area contributed by atoms with E-state index in [0.29, 0.717) is 14.5 Å². The number of quaternary nitrogens is 1. The van der Waals surface area contributed by atoms with Crippen LogP contribution in [0.1, 0.15) is 36.0 Å². The van der Waals surface area contributed by atoms with Crippen LogP contribution in [0.25, 0.3) is 6.08 Å². The van der Waals surface area contributed by atoms with E-state index in [1.165, 1.54) is 42.4 Å². The molecule has 0 spiro atoms.